The zero-order valence-corrected chi connectivity index (χ0v) is 14.7. The Hall–Kier alpha value is -3.40. The van der Waals surface area contributed by atoms with Crippen molar-refractivity contribution in [3.8, 4) is 22.3 Å². The summed E-state index contributed by atoms with van der Waals surface area (Å²) in [5.74, 6) is -0.447. The Kier molecular flexibility index (Phi) is 3.81. The summed E-state index contributed by atoms with van der Waals surface area (Å²) < 4.78 is 1.82. The summed E-state index contributed by atoms with van der Waals surface area (Å²) in [7, 11) is 1.86. The molecule has 3 aromatic carbocycles. The number of hydrogen-bond donors (Lipinski definition) is 1. The Balaban J connectivity index is 1.81. The van der Waals surface area contributed by atoms with Crippen LogP contribution in [-0.4, -0.2) is 15.5 Å². The number of carbonyl (C=O) groups excluding carboxylic acids is 1. The van der Waals surface area contributed by atoms with Crippen molar-refractivity contribution >= 4 is 16.9 Å². The molecule has 4 rings (SSSR count). The van der Waals surface area contributed by atoms with Crippen LogP contribution in [0.5, 0.6) is 0 Å². The smallest absolute Gasteiger partial charge is 0.250 e. The summed E-state index contributed by atoms with van der Waals surface area (Å²) in [5, 5.41) is 0. The molecule has 1 aromatic heterocycles. The van der Waals surface area contributed by atoms with Gasteiger partial charge in [-0.25, -0.2) is 4.98 Å². The molecule has 0 unspecified atom stereocenters. The first-order valence-corrected chi connectivity index (χ1v) is 8.46. The quantitative estimate of drug-likeness (QED) is 0.603. The van der Waals surface area contributed by atoms with Crippen LogP contribution in [0.1, 0.15) is 15.9 Å². The number of amides is 1. The van der Waals surface area contributed by atoms with Crippen LogP contribution in [0.2, 0.25) is 0 Å². The molecule has 0 atom stereocenters. The highest BCUT2D eigenvalue weighted by Crippen LogP contribution is 2.30. The molecule has 0 radical (unpaired) electrons. The van der Waals surface area contributed by atoms with Crippen molar-refractivity contribution in [2.45, 2.75) is 6.92 Å². The number of aromatic nitrogens is 2. The van der Waals surface area contributed by atoms with Crippen LogP contribution in [-0.2, 0) is 7.05 Å². The minimum atomic E-state index is -0.447. The van der Waals surface area contributed by atoms with Crippen LogP contribution >= 0.6 is 0 Å². The van der Waals surface area contributed by atoms with Crippen molar-refractivity contribution < 1.29 is 4.79 Å². The molecule has 4 heteroatoms. The lowest BCUT2D eigenvalue weighted by atomic mass is 9.96. The van der Waals surface area contributed by atoms with Gasteiger partial charge in [-0.15, -0.1) is 0 Å². The second kappa shape index (κ2) is 6.15. The average molecular weight is 341 g/mol. The van der Waals surface area contributed by atoms with Gasteiger partial charge in [-0.3, -0.25) is 4.79 Å². The van der Waals surface area contributed by atoms with Gasteiger partial charge in [0.2, 0.25) is 0 Å². The molecular formula is C22H19N3O. The molecule has 1 amide bonds. The Morgan fingerprint density at radius 3 is 2.35 bits per heavy atom. The number of carbonyl (C=O) groups is 1. The number of aryl methyl sites for hydroxylation is 2. The number of imidazole rings is 1. The van der Waals surface area contributed by atoms with E-state index in [1.54, 1.807) is 6.33 Å². The molecule has 0 fully saturated rings. The first-order chi connectivity index (χ1) is 12.5. The van der Waals surface area contributed by atoms with Crippen LogP contribution in [0.4, 0.5) is 0 Å². The number of nitrogens with two attached hydrogens (primary N) is 1. The standard InChI is InChI=1S/C22H19N3O/c1-14-5-3-4-6-18(14)16-9-7-15(8-10-16)17-11-19(22(23)26)21-20(12-17)24-13-25(21)2/h3-13H,1-2H3,(H2,23,26). The predicted octanol–water partition coefficient (Wildman–Crippen LogP) is 4.31. The molecule has 1 heterocycles. The van der Waals surface area contributed by atoms with Crippen molar-refractivity contribution in [2.75, 3.05) is 0 Å². The average Bonchev–Trinajstić information content (AvgIpc) is 3.02. The van der Waals surface area contributed by atoms with E-state index in [0.717, 1.165) is 22.2 Å². The maximum Gasteiger partial charge on any atom is 0.250 e. The monoisotopic (exact) mass is 341 g/mol. The fourth-order valence-electron chi connectivity index (χ4n) is 3.39. The Labute approximate surface area is 151 Å². The number of hydrogen-bond acceptors (Lipinski definition) is 2. The minimum Gasteiger partial charge on any atom is -0.366 e. The van der Waals surface area contributed by atoms with E-state index in [1.807, 2.05) is 35.9 Å². The van der Waals surface area contributed by atoms with Gasteiger partial charge in [-0.2, -0.15) is 0 Å². The van der Waals surface area contributed by atoms with Crippen LogP contribution in [0.15, 0.2) is 67.0 Å². The van der Waals surface area contributed by atoms with E-state index in [1.165, 1.54) is 16.7 Å². The molecule has 128 valence electrons. The van der Waals surface area contributed by atoms with Crippen LogP contribution in [0.25, 0.3) is 33.3 Å². The van der Waals surface area contributed by atoms with Gasteiger partial charge in [-0.05, 0) is 46.9 Å². The highest BCUT2D eigenvalue weighted by atomic mass is 16.1. The van der Waals surface area contributed by atoms with E-state index in [9.17, 15) is 4.79 Å². The molecule has 2 N–H and O–H groups in total. The number of rotatable bonds is 3. The van der Waals surface area contributed by atoms with Crippen molar-refractivity contribution in [1.29, 1.82) is 0 Å². The van der Waals surface area contributed by atoms with Crippen molar-refractivity contribution in [3.05, 3.63) is 78.1 Å². The summed E-state index contributed by atoms with van der Waals surface area (Å²) >= 11 is 0. The molecule has 0 saturated heterocycles. The van der Waals surface area contributed by atoms with E-state index in [2.05, 4.69) is 48.3 Å². The molecule has 0 aliphatic heterocycles. The Morgan fingerprint density at radius 2 is 1.65 bits per heavy atom. The van der Waals surface area contributed by atoms with Gasteiger partial charge < -0.3 is 10.3 Å². The molecule has 0 saturated carbocycles. The predicted molar refractivity (Wildman–Crippen MR) is 105 cm³/mol. The van der Waals surface area contributed by atoms with E-state index in [4.69, 9.17) is 5.73 Å². The first-order valence-electron chi connectivity index (χ1n) is 8.46. The summed E-state index contributed by atoms with van der Waals surface area (Å²) in [4.78, 5) is 16.3. The summed E-state index contributed by atoms with van der Waals surface area (Å²) in [6, 6.07) is 20.5. The fraction of sp³-hybridized carbons (Fsp3) is 0.0909. The third kappa shape index (κ3) is 2.65. The van der Waals surface area contributed by atoms with Gasteiger partial charge >= 0.3 is 0 Å². The summed E-state index contributed by atoms with van der Waals surface area (Å²) in [6.07, 6.45) is 1.70. The SMILES string of the molecule is Cc1ccccc1-c1ccc(-c2cc(C(N)=O)c3c(c2)ncn3C)cc1. The fourth-order valence-corrected chi connectivity index (χ4v) is 3.39. The van der Waals surface area contributed by atoms with Gasteiger partial charge in [0.05, 0.1) is 22.9 Å². The zero-order chi connectivity index (χ0) is 18.3. The third-order valence-electron chi connectivity index (χ3n) is 4.75. The topological polar surface area (TPSA) is 60.9 Å². The molecule has 0 aliphatic rings. The van der Waals surface area contributed by atoms with Crippen molar-refractivity contribution in [2.24, 2.45) is 12.8 Å². The zero-order valence-electron chi connectivity index (χ0n) is 14.7. The Bertz CT molecular complexity index is 1120. The second-order valence-electron chi connectivity index (χ2n) is 6.50. The molecule has 0 spiro atoms. The Morgan fingerprint density at radius 1 is 0.962 bits per heavy atom. The van der Waals surface area contributed by atoms with E-state index in [-0.39, 0.29) is 0 Å². The number of fused-ring (bicyclic) bond motifs is 1. The molecular weight excluding hydrogens is 322 g/mol. The largest absolute Gasteiger partial charge is 0.366 e. The van der Waals surface area contributed by atoms with Crippen LogP contribution < -0.4 is 5.73 Å². The van der Waals surface area contributed by atoms with Crippen molar-refractivity contribution in [3.63, 3.8) is 0 Å². The first kappa shape index (κ1) is 16.1. The third-order valence-corrected chi connectivity index (χ3v) is 4.75. The van der Waals surface area contributed by atoms with Gasteiger partial charge in [0.25, 0.3) is 5.91 Å². The number of benzene rings is 3. The summed E-state index contributed by atoms with van der Waals surface area (Å²) in [6.45, 7) is 2.11. The van der Waals surface area contributed by atoms with Crippen molar-refractivity contribution in [1.82, 2.24) is 9.55 Å². The van der Waals surface area contributed by atoms with E-state index < -0.39 is 5.91 Å². The molecule has 0 aliphatic carbocycles. The van der Waals surface area contributed by atoms with E-state index in [0.29, 0.717) is 5.56 Å². The lowest BCUT2D eigenvalue weighted by Crippen LogP contribution is -2.12. The van der Waals surface area contributed by atoms with Crippen LogP contribution in [0.3, 0.4) is 0 Å². The molecule has 0 bridgehead atoms. The normalized spacial score (nSPS) is 11.0. The molecule has 26 heavy (non-hydrogen) atoms. The molecule has 4 aromatic rings. The van der Waals surface area contributed by atoms with E-state index >= 15 is 0 Å². The maximum atomic E-state index is 11.9. The molecule has 4 nitrogen and oxygen atoms in total. The minimum absolute atomic E-state index is 0.447. The highest BCUT2D eigenvalue weighted by molar-refractivity contribution is 6.06. The highest BCUT2D eigenvalue weighted by Gasteiger charge is 2.14. The lowest BCUT2D eigenvalue weighted by Gasteiger charge is -2.09. The van der Waals surface area contributed by atoms with Gasteiger partial charge in [0.1, 0.15) is 0 Å². The van der Waals surface area contributed by atoms with Gasteiger partial charge in [0, 0.05) is 7.05 Å². The maximum absolute atomic E-state index is 11.9. The van der Waals surface area contributed by atoms with Gasteiger partial charge in [0.15, 0.2) is 0 Å². The number of primary amides is 1. The second-order valence-corrected chi connectivity index (χ2v) is 6.50. The summed E-state index contributed by atoms with van der Waals surface area (Å²) in [5.41, 5.74) is 13.2. The lowest BCUT2D eigenvalue weighted by molar-refractivity contribution is 0.100. The van der Waals surface area contributed by atoms with Gasteiger partial charge in [-0.1, -0.05) is 48.5 Å². The number of nitrogens with zero attached hydrogens (tertiary/aromatic N) is 2. The van der Waals surface area contributed by atoms with Crippen LogP contribution in [0, 0.1) is 6.92 Å².